The summed E-state index contributed by atoms with van der Waals surface area (Å²) in [5, 5.41) is 3.18. The number of hydrogen-bond acceptors (Lipinski definition) is 3. The van der Waals surface area contributed by atoms with Crippen LogP contribution in [0, 0.1) is 6.92 Å². The highest BCUT2D eigenvalue weighted by Gasteiger charge is 2.30. The standard InChI is InChI=1S/C26H38N4O2/c1-5-10-20(2)29-17-15-23(16-18-29)30(19-22-11-7-6-8-12-22)26(31)27-24-13-9-14-25(21(24)3)28-32-4/h6-9,11-14,20,23,28H,5,10,15-19H2,1-4H3,(H,27,31)/p+1. The number of benzene rings is 2. The summed E-state index contributed by atoms with van der Waals surface area (Å²) in [4.78, 5) is 23.3. The van der Waals surface area contributed by atoms with Crippen LogP contribution in [-0.2, 0) is 11.4 Å². The molecule has 2 aromatic rings. The molecule has 1 atom stereocenters. The number of urea groups is 1. The van der Waals surface area contributed by atoms with Crippen LogP contribution in [0.4, 0.5) is 16.2 Å². The van der Waals surface area contributed by atoms with Crippen LogP contribution in [0.5, 0.6) is 0 Å². The highest BCUT2D eigenvalue weighted by atomic mass is 16.6. The fourth-order valence-electron chi connectivity index (χ4n) is 4.62. The maximum absolute atomic E-state index is 13.5. The van der Waals surface area contributed by atoms with Gasteiger partial charge >= 0.3 is 6.03 Å². The van der Waals surface area contributed by atoms with Gasteiger partial charge in [-0.2, -0.15) is 5.48 Å². The van der Waals surface area contributed by atoms with E-state index in [2.05, 4.69) is 36.2 Å². The zero-order valence-corrected chi connectivity index (χ0v) is 20.0. The number of nitrogens with one attached hydrogen (secondary N) is 1. The van der Waals surface area contributed by atoms with Gasteiger partial charge in [0.25, 0.3) is 0 Å². The summed E-state index contributed by atoms with van der Waals surface area (Å²) in [7, 11) is 1.64. The molecule has 6 nitrogen and oxygen atoms in total. The van der Waals surface area contributed by atoms with Gasteiger partial charge in [0.05, 0.1) is 12.8 Å². The lowest BCUT2D eigenvalue weighted by atomic mass is 10.00. The molecule has 32 heavy (non-hydrogen) atoms. The van der Waals surface area contributed by atoms with E-state index in [1.165, 1.54) is 12.8 Å². The van der Waals surface area contributed by atoms with E-state index >= 15 is 0 Å². The van der Waals surface area contributed by atoms with E-state index < -0.39 is 0 Å². The maximum atomic E-state index is 13.5. The molecule has 1 fully saturated rings. The van der Waals surface area contributed by atoms with Crippen LogP contribution in [0.1, 0.15) is 50.7 Å². The second-order valence-corrected chi connectivity index (χ2v) is 8.82. The Labute approximate surface area is 192 Å². The van der Waals surface area contributed by atoms with Gasteiger partial charge in [-0.3, -0.25) is 0 Å². The molecule has 2 amide bonds. The Hall–Kier alpha value is -2.41. The zero-order valence-electron chi connectivity index (χ0n) is 20.0. The first-order chi connectivity index (χ1) is 15.5. The van der Waals surface area contributed by atoms with Crippen LogP contribution in [0.2, 0.25) is 0 Å². The number of rotatable bonds is 9. The van der Waals surface area contributed by atoms with Crippen molar-refractivity contribution >= 4 is 17.4 Å². The largest absolute Gasteiger partial charge is 0.322 e. The van der Waals surface area contributed by atoms with Crippen LogP contribution in [0.25, 0.3) is 0 Å². The van der Waals surface area contributed by atoms with Gasteiger partial charge in [0, 0.05) is 43.3 Å². The van der Waals surface area contributed by atoms with Crippen LogP contribution < -0.4 is 10.8 Å². The predicted octanol–water partition coefficient (Wildman–Crippen LogP) is 4.44. The van der Waals surface area contributed by atoms with E-state index in [9.17, 15) is 4.79 Å². The Morgan fingerprint density at radius 3 is 2.56 bits per heavy atom. The summed E-state index contributed by atoms with van der Waals surface area (Å²) in [6, 6.07) is 17.0. The first-order valence-corrected chi connectivity index (χ1v) is 11.8. The molecule has 1 aliphatic heterocycles. The van der Waals surface area contributed by atoms with Gasteiger partial charge in [0.1, 0.15) is 0 Å². The summed E-state index contributed by atoms with van der Waals surface area (Å²) in [5.41, 5.74) is 5.67. The number of carbonyl (C=O) groups excluding carboxylic acids is 1. The second-order valence-electron chi connectivity index (χ2n) is 8.82. The van der Waals surface area contributed by atoms with Crippen molar-refractivity contribution in [2.75, 3.05) is 25.5 Å². The molecule has 6 heteroatoms. The quantitative estimate of drug-likeness (QED) is 0.449. The smallest absolute Gasteiger partial charge is 0.317 e. The van der Waals surface area contributed by atoms with Crippen molar-refractivity contribution in [3.63, 3.8) is 0 Å². The molecule has 0 radical (unpaired) electrons. The van der Waals surface area contributed by atoms with Crippen molar-refractivity contribution < 1.29 is 15.1 Å². The number of carbonyl (C=O) groups is 1. The van der Waals surface area contributed by atoms with E-state index in [1.54, 1.807) is 12.6 Å². The number of anilines is 1. The predicted molar refractivity (Wildman–Crippen MR) is 130 cm³/mol. The minimum Gasteiger partial charge on any atom is -0.317 e. The van der Waals surface area contributed by atoms with Crippen molar-refractivity contribution in [1.29, 1.82) is 0 Å². The maximum Gasteiger partial charge on any atom is 0.322 e. The van der Waals surface area contributed by atoms with Crippen LogP contribution in [0.15, 0.2) is 48.5 Å². The second kappa shape index (κ2) is 12.0. The summed E-state index contributed by atoms with van der Waals surface area (Å²) in [6.45, 7) is 9.28. The lowest BCUT2D eigenvalue weighted by Crippen LogP contribution is -2.76. The average Bonchev–Trinajstić information content (AvgIpc) is 2.81. The summed E-state index contributed by atoms with van der Waals surface area (Å²) in [6.07, 6.45) is 4.45. The van der Waals surface area contributed by atoms with E-state index in [4.69, 9.17) is 4.84 Å². The topological polar surface area (TPSA) is 61.4 Å². The number of nitrogens with zero attached hydrogens (tertiary/aromatic N) is 2. The van der Waals surface area contributed by atoms with Crippen molar-refractivity contribution in [1.82, 2.24) is 9.80 Å². The molecule has 3 N–H and O–H groups in total. The number of quaternary nitrogens is 1. The van der Waals surface area contributed by atoms with Crippen molar-refractivity contribution in [3.8, 4) is 0 Å². The Kier molecular flexibility index (Phi) is 9.09. The Bertz CT molecular complexity index is 850. The first-order valence-electron chi connectivity index (χ1n) is 11.8. The molecule has 0 aliphatic carbocycles. The zero-order chi connectivity index (χ0) is 22.9. The lowest BCUT2D eigenvalue weighted by molar-refractivity contribution is -0.830. The summed E-state index contributed by atoms with van der Waals surface area (Å²) < 4.78 is 0. The first kappa shape index (κ1) is 24.2. The van der Waals surface area contributed by atoms with Gasteiger partial charge < -0.3 is 15.1 Å². The average molecular weight is 440 g/mol. The molecule has 1 heterocycles. The molecule has 174 valence electrons. The third-order valence-electron chi connectivity index (χ3n) is 6.59. The monoisotopic (exact) mass is 439 g/mol. The SMILES string of the molecule is CCCC(C)N1CCC(N(Cc2ccccc2)C(=O)Nc2cccc([NH2+]OC)c2C)CC1. The van der Waals surface area contributed by atoms with Crippen molar-refractivity contribution in [2.24, 2.45) is 0 Å². The lowest BCUT2D eigenvalue weighted by Gasteiger charge is -2.40. The van der Waals surface area contributed by atoms with Gasteiger partial charge in [0.2, 0.25) is 0 Å². The Morgan fingerprint density at radius 2 is 1.91 bits per heavy atom. The van der Waals surface area contributed by atoms with E-state index in [-0.39, 0.29) is 12.1 Å². The van der Waals surface area contributed by atoms with Gasteiger partial charge in [-0.25, -0.2) is 9.63 Å². The van der Waals surface area contributed by atoms with Gasteiger partial charge in [-0.15, -0.1) is 0 Å². The fraction of sp³-hybridized carbons (Fsp3) is 0.500. The van der Waals surface area contributed by atoms with Crippen molar-refractivity contribution in [3.05, 3.63) is 59.7 Å². The summed E-state index contributed by atoms with van der Waals surface area (Å²) >= 11 is 0. The highest BCUT2D eigenvalue weighted by Crippen LogP contribution is 2.25. The minimum atomic E-state index is -0.0356. The summed E-state index contributed by atoms with van der Waals surface area (Å²) in [5.74, 6) is 0. The molecule has 0 saturated carbocycles. The molecule has 0 spiro atoms. The van der Waals surface area contributed by atoms with Crippen LogP contribution >= 0.6 is 0 Å². The minimum absolute atomic E-state index is 0.0356. The normalized spacial score (nSPS) is 16.0. The third kappa shape index (κ3) is 6.31. The Balaban J connectivity index is 1.75. The number of likely N-dealkylation sites (tertiary alicyclic amines) is 1. The molecule has 3 rings (SSSR count). The number of piperidine rings is 1. The van der Waals surface area contributed by atoms with Gasteiger partial charge in [-0.05, 0) is 44.7 Å². The molecule has 1 aliphatic rings. The van der Waals surface area contributed by atoms with Crippen molar-refractivity contribution in [2.45, 2.75) is 65.1 Å². The molecule has 0 aromatic heterocycles. The van der Waals surface area contributed by atoms with E-state index in [1.807, 2.05) is 48.2 Å². The van der Waals surface area contributed by atoms with Gasteiger partial charge in [-0.1, -0.05) is 49.7 Å². The molecular weight excluding hydrogens is 400 g/mol. The van der Waals surface area contributed by atoms with E-state index in [0.29, 0.717) is 12.6 Å². The molecule has 0 bridgehead atoms. The number of nitrogens with two attached hydrogens (primary N) is 1. The fourth-order valence-corrected chi connectivity index (χ4v) is 4.62. The molecule has 1 unspecified atom stereocenters. The molecule has 2 aromatic carbocycles. The van der Waals surface area contributed by atoms with E-state index in [0.717, 1.165) is 48.4 Å². The van der Waals surface area contributed by atoms with Crippen LogP contribution in [0.3, 0.4) is 0 Å². The van der Waals surface area contributed by atoms with Gasteiger partial charge in [0.15, 0.2) is 5.69 Å². The Morgan fingerprint density at radius 1 is 1.19 bits per heavy atom. The third-order valence-corrected chi connectivity index (χ3v) is 6.59. The highest BCUT2D eigenvalue weighted by molar-refractivity contribution is 5.91. The van der Waals surface area contributed by atoms with Crippen LogP contribution in [-0.4, -0.2) is 48.1 Å². The number of amides is 2. The molecule has 1 saturated heterocycles. The number of hydrogen-bond donors (Lipinski definition) is 2. The molecular formula is C26H39N4O2+.